The minimum Gasteiger partial charge on any atom is -0.481 e. The molecule has 9 heteroatoms. The zero-order valence-electron chi connectivity index (χ0n) is 22.9. The molecule has 1 unspecified atom stereocenters. The summed E-state index contributed by atoms with van der Waals surface area (Å²) in [7, 11) is 0. The van der Waals surface area contributed by atoms with E-state index < -0.39 is 5.97 Å². The first-order chi connectivity index (χ1) is 18.9. The third-order valence-electron chi connectivity index (χ3n) is 8.04. The van der Waals surface area contributed by atoms with Gasteiger partial charge >= 0.3 is 5.97 Å². The van der Waals surface area contributed by atoms with Crippen LogP contribution in [-0.2, 0) is 17.8 Å². The van der Waals surface area contributed by atoms with Crippen molar-refractivity contribution in [3.63, 3.8) is 0 Å². The molecule has 5 rings (SSSR count). The molecule has 1 aliphatic rings. The molecule has 0 aliphatic heterocycles. The van der Waals surface area contributed by atoms with Crippen LogP contribution in [0.1, 0.15) is 76.0 Å². The Bertz CT molecular complexity index is 1370. The van der Waals surface area contributed by atoms with Crippen LogP contribution in [0.25, 0.3) is 22.5 Å². The van der Waals surface area contributed by atoms with Crippen LogP contribution in [0.4, 0.5) is 0 Å². The molecular weight excluding hydrogens is 490 g/mol. The predicted molar refractivity (Wildman–Crippen MR) is 149 cm³/mol. The zero-order valence-corrected chi connectivity index (χ0v) is 22.9. The van der Waals surface area contributed by atoms with Gasteiger partial charge in [-0.05, 0) is 65.8 Å². The van der Waals surface area contributed by atoms with Crippen LogP contribution in [0.5, 0.6) is 0 Å². The van der Waals surface area contributed by atoms with Crippen molar-refractivity contribution in [1.29, 1.82) is 0 Å². The molecule has 0 radical (unpaired) electrons. The maximum atomic E-state index is 11.4. The lowest BCUT2D eigenvalue weighted by molar-refractivity contribution is -0.143. The number of rotatable bonds is 10. The second-order valence-electron chi connectivity index (χ2n) is 11.2. The summed E-state index contributed by atoms with van der Waals surface area (Å²) >= 11 is 0. The largest absolute Gasteiger partial charge is 0.481 e. The van der Waals surface area contributed by atoms with Gasteiger partial charge in [-0.1, -0.05) is 69.3 Å². The van der Waals surface area contributed by atoms with E-state index in [9.17, 15) is 9.90 Å². The van der Waals surface area contributed by atoms with Gasteiger partial charge < -0.3 is 5.11 Å². The molecule has 204 valence electrons. The Labute approximate surface area is 229 Å². The number of nitrogens with one attached hydrogen (secondary N) is 1. The normalized spacial score (nSPS) is 18.4. The molecule has 0 amide bonds. The summed E-state index contributed by atoms with van der Waals surface area (Å²) in [6, 6.07) is 16.6. The highest BCUT2D eigenvalue weighted by molar-refractivity contribution is 5.80. The number of nitrogens with zero attached hydrogens (tertiary/aromatic N) is 6. The lowest BCUT2D eigenvalue weighted by Gasteiger charge is -2.30. The number of hydrogen-bond donors (Lipinski definition) is 2. The molecule has 0 spiro atoms. The highest BCUT2D eigenvalue weighted by Crippen LogP contribution is 2.38. The summed E-state index contributed by atoms with van der Waals surface area (Å²) in [5.41, 5.74) is 4.21. The molecule has 39 heavy (non-hydrogen) atoms. The molecular formula is C30H37N7O2. The average molecular weight is 528 g/mol. The molecule has 1 atom stereocenters. The first kappa shape index (κ1) is 26.7. The predicted octanol–water partition coefficient (Wildman–Crippen LogP) is 5.76. The number of aromatic nitrogens is 7. The van der Waals surface area contributed by atoms with E-state index in [2.05, 4.69) is 76.4 Å². The third kappa shape index (κ3) is 6.24. The van der Waals surface area contributed by atoms with Crippen molar-refractivity contribution in [1.82, 2.24) is 35.4 Å². The Morgan fingerprint density at radius 3 is 2.38 bits per heavy atom. The summed E-state index contributed by atoms with van der Waals surface area (Å²) in [5, 5.41) is 28.9. The van der Waals surface area contributed by atoms with Crippen molar-refractivity contribution in [2.75, 3.05) is 0 Å². The van der Waals surface area contributed by atoms with E-state index in [1.165, 1.54) is 0 Å². The van der Waals surface area contributed by atoms with Gasteiger partial charge in [-0.3, -0.25) is 4.79 Å². The fourth-order valence-electron chi connectivity index (χ4n) is 5.63. The molecule has 9 nitrogen and oxygen atoms in total. The first-order valence-corrected chi connectivity index (χ1v) is 14.0. The second-order valence-corrected chi connectivity index (χ2v) is 11.2. The standard InChI is InChI=1S/C30H37N7O2/c1-19(2)8-17-27-31-29(20(3)22-13-15-24(16-14-22)30(38)39)37(34-27)18-21-9-11-23(12-10-21)25-6-4-5-7-26(25)28-32-35-36-33-28/h4-7,9-12,19-20,22,24H,8,13-18H2,1-3H3,(H,38,39)(H,32,33,35,36). The maximum Gasteiger partial charge on any atom is 0.306 e. The third-order valence-corrected chi connectivity index (χ3v) is 8.04. The lowest BCUT2D eigenvalue weighted by atomic mass is 9.76. The summed E-state index contributed by atoms with van der Waals surface area (Å²) in [4.78, 5) is 16.5. The van der Waals surface area contributed by atoms with E-state index in [-0.39, 0.29) is 11.8 Å². The van der Waals surface area contributed by atoms with E-state index in [0.717, 1.165) is 72.4 Å². The van der Waals surface area contributed by atoms with Gasteiger partial charge in [0.15, 0.2) is 5.82 Å². The fourth-order valence-corrected chi connectivity index (χ4v) is 5.63. The summed E-state index contributed by atoms with van der Waals surface area (Å²) in [5.74, 6) is 2.84. The van der Waals surface area contributed by atoms with Crippen molar-refractivity contribution >= 4 is 5.97 Å². The van der Waals surface area contributed by atoms with E-state index in [0.29, 0.717) is 24.2 Å². The number of hydrogen-bond acceptors (Lipinski definition) is 6. The Balaban J connectivity index is 1.37. The number of carboxylic acids is 1. The highest BCUT2D eigenvalue weighted by atomic mass is 16.4. The zero-order chi connectivity index (χ0) is 27.4. The van der Waals surface area contributed by atoms with E-state index in [4.69, 9.17) is 10.1 Å². The molecule has 2 aromatic heterocycles. The topological polar surface area (TPSA) is 122 Å². The van der Waals surface area contributed by atoms with E-state index in [1.54, 1.807) is 0 Å². The minimum absolute atomic E-state index is 0.211. The van der Waals surface area contributed by atoms with Gasteiger partial charge in [0.05, 0.1) is 12.5 Å². The Kier molecular flexibility index (Phi) is 8.14. The van der Waals surface area contributed by atoms with Crippen molar-refractivity contribution in [3.05, 3.63) is 65.7 Å². The van der Waals surface area contributed by atoms with Crippen LogP contribution in [0.15, 0.2) is 48.5 Å². The Morgan fingerprint density at radius 1 is 1.03 bits per heavy atom. The van der Waals surface area contributed by atoms with Crippen molar-refractivity contribution in [2.45, 2.75) is 71.8 Å². The SMILES string of the molecule is CC(C)CCc1nc(C(C)C2CCC(C(=O)O)CC2)n(Cc2ccc(-c3ccccc3-c3nn[nH]n3)cc2)n1. The van der Waals surface area contributed by atoms with Crippen LogP contribution in [0.2, 0.25) is 0 Å². The fraction of sp³-hybridized carbons (Fsp3) is 0.467. The number of carboxylic acid groups (broad SMARTS) is 1. The minimum atomic E-state index is -0.663. The molecule has 1 fully saturated rings. The molecule has 2 N–H and O–H groups in total. The molecule has 2 aromatic carbocycles. The number of tetrazole rings is 1. The number of benzene rings is 2. The molecule has 0 saturated heterocycles. The molecule has 2 heterocycles. The summed E-state index contributed by atoms with van der Waals surface area (Å²) in [6.07, 6.45) is 5.23. The average Bonchev–Trinajstić information content (AvgIpc) is 3.63. The molecule has 1 saturated carbocycles. The van der Waals surface area contributed by atoms with Gasteiger partial charge in [0.2, 0.25) is 5.82 Å². The van der Waals surface area contributed by atoms with Gasteiger partial charge in [0, 0.05) is 17.9 Å². The quantitative estimate of drug-likeness (QED) is 0.269. The van der Waals surface area contributed by atoms with Gasteiger partial charge in [-0.25, -0.2) is 9.67 Å². The number of H-pyrrole nitrogens is 1. The molecule has 0 bridgehead atoms. The van der Waals surface area contributed by atoms with Crippen LogP contribution >= 0.6 is 0 Å². The van der Waals surface area contributed by atoms with Gasteiger partial charge in [0.1, 0.15) is 5.82 Å². The number of aliphatic carboxylic acids is 1. The van der Waals surface area contributed by atoms with Gasteiger partial charge in [-0.15, -0.1) is 10.2 Å². The summed E-state index contributed by atoms with van der Waals surface area (Å²) < 4.78 is 2.08. The number of carbonyl (C=O) groups is 1. The van der Waals surface area contributed by atoms with Gasteiger partial charge in [0.25, 0.3) is 0 Å². The van der Waals surface area contributed by atoms with Crippen molar-refractivity contribution in [3.8, 4) is 22.5 Å². The van der Waals surface area contributed by atoms with E-state index >= 15 is 0 Å². The number of aryl methyl sites for hydroxylation is 1. The maximum absolute atomic E-state index is 11.4. The van der Waals surface area contributed by atoms with Crippen molar-refractivity contribution < 1.29 is 9.90 Å². The second kappa shape index (κ2) is 11.9. The first-order valence-electron chi connectivity index (χ1n) is 14.0. The van der Waals surface area contributed by atoms with E-state index in [1.807, 2.05) is 18.2 Å². The smallest absolute Gasteiger partial charge is 0.306 e. The lowest BCUT2D eigenvalue weighted by Crippen LogP contribution is -2.25. The summed E-state index contributed by atoms with van der Waals surface area (Å²) in [6.45, 7) is 7.32. The Morgan fingerprint density at radius 2 is 1.74 bits per heavy atom. The molecule has 1 aliphatic carbocycles. The van der Waals surface area contributed by atoms with Crippen LogP contribution in [-0.4, -0.2) is 46.5 Å². The Hall–Kier alpha value is -3.88. The highest BCUT2D eigenvalue weighted by Gasteiger charge is 2.31. The monoisotopic (exact) mass is 527 g/mol. The van der Waals surface area contributed by atoms with Crippen LogP contribution in [0, 0.1) is 17.8 Å². The molecule has 4 aromatic rings. The van der Waals surface area contributed by atoms with Gasteiger partial charge in [-0.2, -0.15) is 10.3 Å². The van der Waals surface area contributed by atoms with Crippen LogP contribution < -0.4 is 0 Å². The van der Waals surface area contributed by atoms with Crippen LogP contribution in [0.3, 0.4) is 0 Å². The van der Waals surface area contributed by atoms with Crippen molar-refractivity contribution in [2.24, 2.45) is 17.8 Å². The number of aromatic amines is 1.